The van der Waals surface area contributed by atoms with Crippen molar-refractivity contribution in [2.75, 3.05) is 22.9 Å². The van der Waals surface area contributed by atoms with Crippen molar-refractivity contribution in [1.82, 2.24) is 20.4 Å². The fourth-order valence-electron chi connectivity index (χ4n) is 6.82. The van der Waals surface area contributed by atoms with Gasteiger partial charge in [0, 0.05) is 61.6 Å². The van der Waals surface area contributed by atoms with E-state index in [1.54, 1.807) is 19.2 Å². The molecule has 4 atom stereocenters. The second kappa shape index (κ2) is 10.3. The Labute approximate surface area is 232 Å². The lowest BCUT2D eigenvalue weighted by Gasteiger charge is -2.56. The lowest BCUT2D eigenvalue weighted by atomic mass is 9.81. The molecule has 40 heavy (non-hydrogen) atoms. The topological polar surface area (TPSA) is 70.3 Å². The molecule has 0 amide bonds. The van der Waals surface area contributed by atoms with Gasteiger partial charge in [0.15, 0.2) is 11.6 Å². The van der Waals surface area contributed by atoms with E-state index in [2.05, 4.69) is 49.5 Å². The summed E-state index contributed by atoms with van der Waals surface area (Å²) in [5.41, 5.74) is 3.62. The average molecular weight is 543 g/mol. The molecule has 2 aliphatic heterocycles. The van der Waals surface area contributed by atoms with Gasteiger partial charge in [0.2, 0.25) is 11.7 Å². The zero-order chi connectivity index (χ0) is 27.2. The maximum atomic E-state index is 14.0. The van der Waals surface area contributed by atoms with Gasteiger partial charge in [-0.15, -0.1) is 0 Å². The standard InChI is InChI=1S/C31H32F2N6O/c1-19-35-31(37-40-19)20-6-9-23(10-7-20)38-15-13-29-27(18-38)36-26-4-2-3-5-28(26)39(29)30-17-22(12-14-34-30)21-8-11-24(32)25(33)16-21/h6-12,14,16-17,26-29,36H,2-5,13,15,18H2,1H3/t26-,27-,28?,29?/m1/s1. The molecule has 2 aromatic carbocycles. The van der Waals surface area contributed by atoms with E-state index < -0.39 is 11.6 Å². The number of fused-ring (bicyclic) bond motifs is 2. The lowest BCUT2D eigenvalue weighted by molar-refractivity contribution is 0.188. The third kappa shape index (κ3) is 4.62. The highest BCUT2D eigenvalue weighted by atomic mass is 19.2. The molecule has 2 saturated heterocycles. The van der Waals surface area contributed by atoms with Crippen molar-refractivity contribution in [2.45, 2.75) is 63.2 Å². The Morgan fingerprint density at radius 1 is 0.850 bits per heavy atom. The van der Waals surface area contributed by atoms with Gasteiger partial charge < -0.3 is 19.6 Å². The fourth-order valence-corrected chi connectivity index (χ4v) is 6.82. The van der Waals surface area contributed by atoms with Crippen LogP contribution in [0.25, 0.3) is 22.5 Å². The van der Waals surface area contributed by atoms with Gasteiger partial charge in [0.1, 0.15) is 5.82 Å². The summed E-state index contributed by atoms with van der Waals surface area (Å²) in [6.45, 7) is 3.62. The first-order valence-electron chi connectivity index (χ1n) is 14.1. The van der Waals surface area contributed by atoms with Gasteiger partial charge in [-0.25, -0.2) is 13.8 Å². The summed E-state index contributed by atoms with van der Waals surface area (Å²) < 4.78 is 32.8. The molecule has 4 aromatic rings. The molecule has 206 valence electrons. The van der Waals surface area contributed by atoms with Crippen LogP contribution in [0, 0.1) is 18.6 Å². The van der Waals surface area contributed by atoms with E-state index >= 15 is 0 Å². The highest BCUT2D eigenvalue weighted by Crippen LogP contribution is 2.38. The van der Waals surface area contributed by atoms with E-state index in [0.717, 1.165) is 49.3 Å². The Hall–Kier alpha value is -3.85. The smallest absolute Gasteiger partial charge is 0.223 e. The summed E-state index contributed by atoms with van der Waals surface area (Å²) in [5, 5.41) is 8.06. The molecule has 7 nitrogen and oxygen atoms in total. The number of anilines is 2. The number of rotatable bonds is 4. The van der Waals surface area contributed by atoms with Crippen molar-refractivity contribution in [2.24, 2.45) is 0 Å². The SMILES string of the molecule is Cc1nc(-c2ccc(N3CCC4[C@@H](C3)N[C@@H]3CCCCC3N4c3cc(-c4ccc(F)c(F)c4)ccn3)cc2)no1. The molecule has 2 unspecified atom stereocenters. The van der Waals surface area contributed by atoms with Crippen LogP contribution in [0.15, 0.2) is 65.3 Å². The predicted molar refractivity (Wildman–Crippen MR) is 150 cm³/mol. The summed E-state index contributed by atoms with van der Waals surface area (Å²) in [4.78, 5) is 14.2. The van der Waals surface area contributed by atoms with Crippen LogP contribution in [-0.2, 0) is 0 Å². The van der Waals surface area contributed by atoms with Gasteiger partial charge in [-0.2, -0.15) is 4.98 Å². The van der Waals surface area contributed by atoms with E-state index in [4.69, 9.17) is 9.51 Å². The highest BCUT2D eigenvalue weighted by Gasteiger charge is 2.46. The second-order valence-corrected chi connectivity index (χ2v) is 11.2. The highest BCUT2D eigenvalue weighted by molar-refractivity contribution is 5.67. The molecule has 0 bridgehead atoms. The summed E-state index contributed by atoms with van der Waals surface area (Å²) >= 11 is 0. The van der Waals surface area contributed by atoms with Crippen LogP contribution in [-0.4, -0.2) is 52.4 Å². The third-order valence-electron chi connectivity index (χ3n) is 8.73. The number of aryl methyl sites for hydroxylation is 1. The zero-order valence-electron chi connectivity index (χ0n) is 22.4. The summed E-state index contributed by atoms with van der Waals surface area (Å²) in [7, 11) is 0. The third-order valence-corrected chi connectivity index (χ3v) is 8.73. The summed E-state index contributed by atoms with van der Waals surface area (Å²) in [6, 6.07) is 17.7. The predicted octanol–water partition coefficient (Wildman–Crippen LogP) is 5.75. The number of benzene rings is 2. The Balaban J connectivity index is 1.16. The van der Waals surface area contributed by atoms with E-state index in [-0.39, 0.29) is 6.04 Å². The van der Waals surface area contributed by atoms with E-state index in [0.29, 0.717) is 35.4 Å². The Morgan fingerprint density at radius 3 is 2.42 bits per heavy atom. The first-order chi connectivity index (χ1) is 19.5. The molecule has 9 heteroatoms. The normalized spacial score (nSPS) is 24.5. The first-order valence-corrected chi connectivity index (χ1v) is 14.1. The molecule has 4 heterocycles. The molecule has 1 aliphatic carbocycles. The van der Waals surface area contributed by atoms with Gasteiger partial charge in [-0.3, -0.25) is 0 Å². The molecule has 3 fully saturated rings. The number of hydrogen-bond donors (Lipinski definition) is 1. The molecular formula is C31H32F2N6O. The minimum Gasteiger partial charge on any atom is -0.370 e. The van der Waals surface area contributed by atoms with Crippen molar-refractivity contribution < 1.29 is 13.3 Å². The van der Waals surface area contributed by atoms with Crippen molar-refractivity contribution in [3.05, 3.63) is 78.3 Å². The van der Waals surface area contributed by atoms with Crippen molar-refractivity contribution >= 4 is 11.5 Å². The number of nitrogens with zero attached hydrogens (tertiary/aromatic N) is 5. The fraction of sp³-hybridized carbons (Fsp3) is 0.387. The van der Waals surface area contributed by atoms with Crippen LogP contribution >= 0.6 is 0 Å². The van der Waals surface area contributed by atoms with E-state index in [1.165, 1.54) is 30.7 Å². The van der Waals surface area contributed by atoms with Gasteiger partial charge >= 0.3 is 0 Å². The maximum Gasteiger partial charge on any atom is 0.223 e. The number of hydrogen-bond acceptors (Lipinski definition) is 7. The van der Waals surface area contributed by atoms with Crippen LogP contribution in [0.1, 0.15) is 38.0 Å². The number of aromatic nitrogens is 3. The molecule has 1 saturated carbocycles. The Morgan fingerprint density at radius 2 is 1.62 bits per heavy atom. The molecule has 0 radical (unpaired) electrons. The number of halogens is 2. The van der Waals surface area contributed by atoms with Crippen LogP contribution < -0.4 is 15.1 Å². The minimum absolute atomic E-state index is 0.279. The van der Waals surface area contributed by atoms with Gasteiger partial charge in [-0.05, 0) is 78.9 Å². The van der Waals surface area contributed by atoms with Crippen LogP contribution in [0.3, 0.4) is 0 Å². The second-order valence-electron chi connectivity index (χ2n) is 11.2. The van der Waals surface area contributed by atoms with E-state index in [1.807, 2.05) is 12.1 Å². The van der Waals surface area contributed by atoms with Gasteiger partial charge in [0.25, 0.3) is 0 Å². The molecule has 2 aromatic heterocycles. The Bertz CT molecular complexity index is 1510. The Kier molecular flexibility index (Phi) is 6.46. The van der Waals surface area contributed by atoms with Crippen LogP contribution in [0.5, 0.6) is 0 Å². The molecule has 7 rings (SSSR count). The van der Waals surface area contributed by atoms with Crippen LogP contribution in [0.2, 0.25) is 0 Å². The average Bonchev–Trinajstić information content (AvgIpc) is 3.43. The maximum absolute atomic E-state index is 14.0. The number of piperidine rings is 1. The first kappa shape index (κ1) is 25.1. The molecular weight excluding hydrogens is 510 g/mol. The number of piperazine rings is 1. The minimum atomic E-state index is -0.835. The quantitative estimate of drug-likeness (QED) is 0.352. The van der Waals surface area contributed by atoms with Crippen LogP contribution in [0.4, 0.5) is 20.3 Å². The van der Waals surface area contributed by atoms with Gasteiger partial charge in [0.05, 0.1) is 0 Å². The summed E-state index contributed by atoms with van der Waals surface area (Å²) in [5.74, 6) is 0.412. The number of pyridine rings is 1. The summed E-state index contributed by atoms with van der Waals surface area (Å²) in [6.07, 6.45) is 7.48. The van der Waals surface area contributed by atoms with Gasteiger partial charge in [-0.1, -0.05) is 24.1 Å². The van der Waals surface area contributed by atoms with Crippen molar-refractivity contribution in [3.63, 3.8) is 0 Å². The molecule has 3 aliphatic rings. The monoisotopic (exact) mass is 542 g/mol. The van der Waals surface area contributed by atoms with Crippen molar-refractivity contribution in [3.8, 4) is 22.5 Å². The van der Waals surface area contributed by atoms with E-state index in [9.17, 15) is 8.78 Å². The lowest BCUT2D eigenvalue weighted by Crippen LogP contribution is -2.72. The largest absolute Gasteiger partial charge is 0.370 e. The van der Waals surface area contributed by atoms with Crippen molar-refractivity contribution in [1.29, 1.82) is 0 Å². The molecule has 1 N–H and O–H groups in total. The molecule has 0 spiro atoms. The zero-order valence-corrected chi connectivity index (χ0v) is 22.4. The number of nitrogens with one attached hydrogen (secondary N) is 1.